The molecule has 208 valence electrons. The maximum Gasteiger partial charge on any atom is 0.507 e. The van der Waals surface area contributed by atoms with Crippen LogP contribution in [0.5, 0.6) is 0 Å². The van der Waals surface area contributed by atoms with Crippen molar-refractivity contribution in [3.63, 3.8) is 0 Å². The van der Waals surface area contributed by atoms with Gasteiger partial charge in [-0.2, -0.15) is 0 Å². The molecule has 1 fully saturated rings. The third-order valence-corrected chi connectivity index (χ3v) is 3.87. The fourth-order valence-corrected chi connectivity index (χ4v) is 2.36. The molecule has 0 heterocycles. The molecular weight excluding hydrogens is 432 g/mol. The molecular formula is C32H62O3. The van der Waals surface area contributed by atoms with Crippen molar-refractivity contribution in [3.8, 4) is 0 Å². The number of carbonyl (C=O) groups excluding carboxylic acids is 1. The van der Waals surface area contributed by atoms with Crippen LogP contribution in [0, 0.1) is 5.41 Å². The van der Waals surface area contributed by atoms with Crippen LogP contribution in [0.3, 0.4) is 0 Å². The molecule has 0 spiro atoms. The van der Waals surface area contributed by atoms with Crippen LogP contribution in [0.25, 0.3) is 0 Å². The standard InChI is InChI=1S/C8H16.2C6H6.C3H6O3.4C2H6.CH4/c1-8(2)6-4-3-5-7-8;2*1-2-4-6-5-3-1;1-5-3(4)6-2;4*1-2;/h3-7H2,1-2H3;2*1-6H;1-2H3;4*1-2H3;1H4. The van der Waals surface area contributed by atoms with Crippen LogP contribution < -0.4 is 0 Å². The van der Waals surface area contributed by atoms with Crippen molar-refractivity contribution in [1.82, 2.24) is 0 Å². The van der Waals surface area contributed by atoms with Gasteiger partial charge in [0.05, 0.1) is 14.2 Å². The number of rotatable bonds is 0. The molecule has 1 saturated carbocycles. The number of hydrogen-bond donors (Lipinski definition) is 0. The van der Waals surface area contributed by atoms with Crippen LogP contribution in [0.4, 0.5) is 4.79 Å². The molecule has 0 bridgehead atoms. The highest BCUT2D eigenvalue weighted by Gasteiger charge is 2.19. The Bertz CT molecular complexity index is 426. The van der Waals surface area contributed by atoms with Crippen molar-refractivity contribution < 1.29 is 14.3 Å². The maximum absolute atomic E-state index is 9.74. The van der Waals surface area contributed by atoms with Gasteiger partial charge in [-0.1, -0.05) is 169 Å². The Balaban J connectivity index is -0.0000000728. The maximum atomic E-state index is 9.74. The van der Waals surface area contributed by atoms with E-state index < -0.39 is 6.16 Å². The minimum Gasteiger partial charge on any atom is -0.438 e. The quantitative estimate of drug-likeness (QED) is 0.341. The third kappa shape index (κ3) is 49.8. The number of methoxy groups -OCH3 is 2. The first-order valence-corrected chi connectivity index (χ1v) is 13.1. The van der Waals surface area contributed by atoms with Gasteiger partial charge < -0.3 is 9.47 Å². The SMILES string of the molecule is C.CC.CC.CC.CC.CC1(C)CCCCC1.COC(=O)OC.c1ccccc1.c1ccccc1. The number of hydrogen-bond acceptors (Lipinski definition) is 3. The molecule has 2 aromatic carbocycles. The second-order valence-electron chi connectivity index (χ2n) is 6.69. The molecule has 0 unspecified atom stereocenters. The fraction of sp³-hybridized carbons (Fsp3) is 0.594. The summed E-state index contributed by atoms with van der Waals surface area (Å²) in [7, 11) is 2.51. The van der Waals surface area contributed by atoms with Crippen molar-refractivity contribution in [2.45, 2.75) is 109 Å². The Labute approximate surface area is 221 Å². The van der Waals surface area contributed by atoms with Crippen LogP contribution in [-0.4, -0.2) is 20.4 Å². The van der Waals surface area contributed by atoms with Crippen LogP contribution in [-0.2, 0) is 9.47 Å². The lowest BCUT2D eigenvalue weighted by molar-refractivity contribution is 0.0924. The topological polar surface area (TPSA) is 35.5 Å². The highest BCUT2D eigenvalue weighted by Crippen LogP contribution is 2.34. The van der Waals surface area contributed by atoms with Crippen LogP contribution >= 0.6 is 0 Å². The van der Waals surface area contributed by atoms with E-state index >= 15 is 0 Å². The molecule has 0 atom stereocenters. The molecule has 0 N–H and O–H groups in total. The van der Waals surface area contributed by atoms with Gasteiger partial charge in [0.15, 0.2) is 0 Å². The molecule has 35 heavy (non-hydrogen) atoms. The second kappa shape index (κ2) is 45.2. The number of benzene rings is 2. The minimum atomic E-state index is -0.657. The fourth-order valence-electron chi connectivity index (χ4n) is 2.36. The van der Waals surface area contributed by atoms with E-state index in [0.717, 1.165) is 0 Å². The lowest BCUT2D eigenvalue weighted by Gasteiger charge is -2.28. The molecule has 2 aromatic rings. The van der Waals surface area contributed by atoms with Gasteiger partial charge in [0.25, 0.3) is 0 Å². The zero-order chi connectivity index (χ0) is 27.5. The molecule has 0 radical (unpaired) electrons. The summed E-state index contributed by atoms with van der Waals surface area (Å²) in [6.07, 6.45) is 6.65. The predicted octanol–water partition coefficient (Wildman–Crippen LogP) is 11.5. The molecule has 0 saturated heterocycles. The second-order valence-corrected chi connectivity index (χ2v) is 6.69. The van der Waals surface area contributed by atoms with Gasteiger partial charge >= 0.3 is 6.16 Å². The zero-order valence-corrected chi connectivity index (χ0v) is 24.7. The molecule has 0 aromatic heterocycles. The van der Waals surface area contributed by atoms with Gasteiger partial charge in [-0.15, -0.1) is 0 Å². The van der Waals surface area contributed by atoms with Gasteiger partial charge in [0.1, 0.15) is 0 Å². The Kier molecular flexibility index (Phi) is 59.6. The first-order valence-electron chi connectivity index (χ1n) is 13.1. The van der Waals surface area contributed by atoms with E-state index in [1.54, 1.807) is 0 Å². The summed E-state index contributed by atoms with van der Waals surface area (Å²) in [5.41, 5.74) is 0.679. The summed E-state index contributed by atoms with van der Waals surface area (Å²) in [5, 5.41) is 0. The van der Waals surface area contributed by atoms with E-state index in [0.29, 0.717) is 5.41 Å². The van der Waals surface area contributed by atoms with E-state index in [9.17, 15) is 4.79 Å². The Morgan fingerprint density at radius 3 is 0.800 bits per heavy atom. The van der Waals surface area contributed by atoms with Gasteiger partial charge in [-0.05, 0) is 18.3 Å². The Morgan fingerprint density at radius 2 is 0.714 bits per heavy atom. The molecule has 3 rings (SSSR count). The van der Waals surface area contributed by atoms with Crippen molar-refractivity contribution in [1.29, 1.82) is 0 Å². The summed E-state index contributed by atoms with van der Waals surface area (Å²) in [6, 6.07) is 24.0. The monoisotopic (exact) mass is 494 g/mol. The van der Waals surface area contributed by atoms with Gasteiger partial charge in [-0.3, -0.25) is 0 Å². The molecule has 1 aliphatic rings. The van der Waals surface area contributed by atoms with Crippen molar-refractivity contribution >= 4 is 6.16 Å². The minimum absolute atomic E-state index is 0. The van der Waals surface area contributed by atoms with E-state index in [4.69, 9.17) is 0 Å². The summed E-state index contributed by atoms with van der Waals surface area (Å²) in [4.78, 5) is 9.74. The summed E-state index contributed by atoms with van der Waals surface area (Å²) >= 11 is 0. The molecule has 3 heteroatoms. The lowest BCUT2D eigenvalue weighted by atomic mass is 9.78. The van der Waals surface area contributed by atoms with E-state index in [1.165, 1.54) is 46.3 Å². The smallest absolute Gasteiger partial charge is 0.438 e. The van der Waals surface area contributed by atoms with Crippen LogP contribution in [0.1, 0.15) is 109 Å². The normalized spacial score (nSPS) is 11.0. The molecule has 1 aliphatic carbocycles. The summed E-state index contributed by atoms with van der Waals surface area (Å²) < 4.78 is 8.08. The first-order chi connectivity index (χ1) is 16.5. The summed E-state index contributed by atoms with van der Waals surface area (Å²) in [5.74, 6) is 0. The molecule has 3 nitrogen and oxygen atoms in total. The zero-order valence-electron chi connectivity index (χ0n) is 24.7. The lowest BCUT2D eigenvalue weighted by Crippen LogP contribution is -2.14. The number of carbonyl (C=O) groups is 1. The van der Waals surface area contributed by atoms with Crippen LogP contribution in [0.2, 0.25) is 0 Å². The van der Waals surface area contributed by atoms with Crippen molar-refractivity contribution in [2.75, 3.05) is 14.2 Å². The highest BCUT2D eigenvalue weighted by molar-refractivity contribution is 5.59. The molecule has 0 aliphatic heterocycles. The Hall–Kier alpha value is -2.29. The average molecular weight is 495 g/mol. The third-order valence-electron chi connectivity index (χ3n) is 3.87. The number of ether oxygens (including phenoxy) is 2. The van der Waals surface area contributed by atoms with Gasteiger partial charge in [0, 0.05) is 0 Å². The van der Waals surface area contributed by atoms with E-state index in [2.05, 4.69) is 23.3 Å². The summed E-state index contributed by atoms with van der Waals surface area (Å²) in [6.45, 7) is 20.8. The molecule has 0 amide bonds. The van der Waals surface area contributed by atoms with E-state index in [1.807, 2.05) is 128 Å². The highest BCUT2D eigenvalue weighted by atomic mass is 16.7. The van der Waals surface area contributed by atoms with Gasteiger partial charge in [0.2, 0.25) is 0 Å². The average Bonchev–Trinajstić information content (AvgIpc) is 2.95. The predicted molar refractivity (Wildman–Crippen MR) is 161 cm³/mol. The first kappa shape index (κ1) is 46.1. The van der Waals surface area contributed by atoms with E-state index in [-0.39, 0.29) is 7.43 Å². The van der Waals surface area contributed by atoms with Crippen molar-refractivity contribution in [2.24, 2.45) is 5.41 Å². The van der Waals surface area contributed by atoms with Crippen LogP contribution in [0.15, 0.2) is 72.8 Å². The van der Waals surface area contributed by atoms with Crippen molar-refractivity contribution in [3.05, 3.63) is 72.8 Å². The Morgan fingerprint density at radius 1 is 0.514 bits per heavy atom. The largest absolute Gasteiger partial charge is 0.507 e. The van der Waals surface area contributed by atoms with Gasteiger partial charge in [-0.25, -0.2) is 4.79 Å².